The Labute approximate surface area is 433 Å². The average molecular weight is 1050 g/mol. The molecule has 0 fully saturated rings. The fourth-order valence-electron chi connectivity index (χ4n) is 6.26. The van der Waals surface area contributed by atoms with Crippen molar-refractivity contribution in [1.29, 1.82) is 0 Å². The van der Waals surface area contributed by atoms with E-state index in [1.165, 1.54) is 63.6 Å². The molecule has 0 aromatic rings. The quantitative estimate of drug-likeness (QED) is 0.0378. The summed E-state index contributed by atoms with van der Waals surface area (Å²) in [5.41, 5.74) is 5.09. The summed E-state index contributed by atoms with van der Waals surface area (Å²) in [7, 11) is 0. The molecule has 4 amide bonds. The van der Waals surface area contributed by atoms with Gasteiger partial charge in [-0.3, -0.25) is 38.4 Å². The molecule has 0 spiro atoms. The fraction of sp³-hybridized carbons (Fsp3) is 0.820. The molecule has 9 N–H and O–H groups in total. The highest BCUT2D eigenvalue weighted by Crippen LogP contribution is 2.15. The number of aliphatic carboxylic acids is 3. The first-order valence-electron chi connectivity index (χ1n) is 25.4. The van der Waals surface area contributed by atoms with Crippen molar-refractivity contribution in [3.8, 4) is 0 Å². The van der Waals surface area contributed by atoms with Crippen molar-refractivity contribution in [2.24, 2.45) is 11.7 Å². The van der Waals surface area contributed by atoms with Gasteiger partial charge in [-0.1, -0.05) is 91.4 Å². The van der Waals surface area contributed by atoms with Crippen LogP contribution in [0.5, 0.6) is 0 Å². The Morgan fingerprint density at radius 2 is 0.972 bits per heavy atom. The molecule has 0 saturated heterocycles. The summed E-state index contributed by atoms with van der Waals surface area (Å²) in [4.78, 5) is 104. The SMILES string of the molecule is C.CC(=O)[C@H](C)N.CC[C@@H](CSCC(=O)NCCNC(=O)COCCOCCNC(=O)COCCOCCCC(=O)CC[C@H](NC(=O)CCCCCCCCCCCCCCCCC(=O)O)C(=O)O)C(=O)O. The van der Waals surface area contributed by atoms with E-state index in [4.69, 9.17) is 34.9 Å². The fourth-order valence-corrected chi connectivity index (χ4v) is 7.32. The minimum atomic E-state index is -1.16. The molecule has 0 aromatic heterocycles. The predicted octanol–water partition coefficient (Wildman–Crippen LogP) is 4.83. The van der Waals surface area contributed by atoms with Gasteiger partial charge in [-0.05, 0) is 46.0 Å². The Morgan fingerprint density at radius 3 is 1.43 bits per heavy atom. The third-order valence-corrected chi connectivity index (χ3v) is 11.8. The van der Waals surface area contributed by atoms with E-state index in [1.54, 1.807) is 13.8 Å². The lowest BCUT2D eigenvalue weighted by molar-refractivity contribution is -0.142. The number of carboxylic acid groups (broad SMARTS) is 3. The van der Waals surface area contributed by atoms with Crippen molar-refractivity contribution in [2.45, 2.75) is 175 Å². The molecule has 0 heterocycles. The summed E-state index contributed by atoms with van der Waals surface area (Å²) < 4.78 is 21.4. The highest BCUT2D eigenvalue weighted by atomic mass is 32.2. The van der Waals surface area contributed by atoms with E-state index in [0.717, 1.165) is 38.5 Å². The lowest BCUT2D eigenvalue weighted by Gasteiger charge is -2.14. The Bertz CT molecular complexity index is 1470. The van der Waals surface area contributed by atoms with E-state index in [0.29, 0.717) is 31.6 Å². The van der Waals surface area contributed by atoms with E-state index < -0.39 is 29.9 Å². The van der Waals surface area contributed by atoms with Crippen molar-refractivity contribution in [1.82, 2.24) is 21.3 Å². The minimum absolute atomic E-state index is 0. The van der Waals surface area contributed by atoms with Gasteiger partial charge in [0.2, 0.25) is 23.6 Å². The first-order chi connectivity index (χ1) is 34.0. The van der Waals surface area contributed by atoms with Crippen molar-refractivity contribution < 1.29 is 77.4 Å². The number of unbranched alkanes of at least 4 members (excludes halogenated alkanes) is 13. The van der Waals surface area contributed by atoms with Crippen LogP contribution in [-0.2, 0) is 62.1 Å². The zero-order chi connectivity index (χ0) is 53.3. The Balaban J connectivity index is -0.00000636. The number of nitrogens with two attached hydrogens (primary N) is 1. The Morgan fingerprint density at radius 1 is 0.528 bits per heavy atom. The normalized spacial score (nSPS) is 11.9. The van der Waals surface area contributed by atoms with E-state index in [1.807, 2.05) is 0 Å². The van der Waals surface area contributed by atoms with Crippen LogP contribution in [-0.4, -0.2) is 165 Å². The van der Waals surface area contributed by atoms with Crippen LogP contribution in [0.1, 0.15) is 163 Å². The minimum Gasteiger partial charge on any atom is -0.481 e. The Kier molecular flexibility index (Phi) is 51.7. The number of nitrogens with one attached hydrogen (secondary N) is 4. The number of carboxylic acids is 3. The molecule has 0 unspecified atom stereocenters. The number of hydrogen-bond acceptors (Lipinski definition) is 15. The largest absolute Gasteiger partial charge is 0.481 e. The smallest absolute Gasteiger partial charge is 0.326 e. The summed E-state index contributed by atoms with van der Waals surface area (Å²) >= 11 is 1.25. The van der Waals surface area contributed by atoms with Gasteiger partial charge in [0.15, 0.2) is 0 Å². The Hall–Kier alpha value is -4.22. The van der Waals surface area contributed by atoms with Crippen LogP contribution in [0, 0.1) is 5.92 Å². The summed E-state index contributed by atoms with van der Waals surface area (Å²) in [6.45, 7) is 6.60. The third kappa shape index (κ3) is 52.1. The number of hydrogen-bond donors (Lipinski definition) is 8. The number of carbonyl (C=O) groups is 9. The molecule has 0 radical (unpaired) electrons. The molecule has 0 bridgehead atoms. The van der Waals surface area contributed by atoms with E-state index in [2.05, 4.69) is 21.3 Å². The number of ketones is 2. The van der Waals surface area contributed by atoms with Crippen molar-refractivity contribution in [3.63, 3.8) is 0 Å². The maximum absolute atomic E-state index is 12.3. The summed E-state index contributed by atoms with van der Waals surface area (Å²) in [5.74, 6) is -4.05. The number of rotatable bonds is 49. The van der Waals surface area contributed by atoms with Crippen LogP contribution >= 0.6 is 11.8 Å². The average Bonchev–Trinajstić information content (AvgIpc) is 3.31. The number of ether oxygens (including phenoxy) is 4. The molecular weight excluding hydrogens is 959 g/mol. The van der Waals surface area contributed by atoms with Gasteiger partial charge in [-0.15, -0.1) is 0 Å². The van der Waals surface area contributed by atoms with Crippen LogP contribution in [0.15, 0.2) is 0 Å². The maximum atomic E-state index is 12.3. The molecule has 72 heavy (non-hydrogen) atoms. The van der Waals surface area contributed by atoms with Gasteiger partial charge in [0, 0.05) is 57.7 Å². The summed E-state index contributed by atoms with van der Waals surface area (Å²) in [6.07, 6.45) is 16.8. The lowest BCUT2D eigenvalue weighted by atomic mass is 10.0. The zero-order valence-electron chi connectivity index (χ0n) is 42.9. The van der Waals surface area contributed by atoms with Crippen molar-refractivity contribution in [2.75, 3.05) is 84.0 Å². The van der Waals surface area contributed by atoms with Crippen LogP contribution in [0.3, 0.4) is 0 Å². The molecule has 0 aromatic carbocycles. The lowest BCUT2D eigenvalue weighted by Crippen LogP contribution is -2.41. The number of thioether (sulfide) groups is 1. The monoisotopic (exact) mass is 1050 g/mol. The number of carbonyl (C=O) groups excluding carboxylic acids is 6. The van der Waals surface area contributed by atoms with Crippen LogP contribution in [0.4, 0.5) is 0 Å². The van der Waals surface area contributed by atoms with E-state index >= 15 is 0 Å². The molecule has 21 nitrogen and oxygen atoms in total. The second-order valence-electron chi connectivity index (χ2n) is 17.2. The van der Waals surface area contributed by atoms with Crippen LogP contribution in [0.25, 0.3) is 0 Å². The van der Waals surface area contributed by atoms with Gasteiger partial charge < -0.3 is 61.3 Å². The van der Waals surface area contributed by atoms with Gasteiger partial charge in [0.25, 0.3) is 0 Å². The van der Waals surface area contributed by atoms with Gasteiger partial charge in [0.1, 0.15) is 30.8 Å². The highest BCUT2D eigenvalue weighted by molar-refractivity contribution is 7.99. The van der Waals surface area contributed by atoms with Gasteiger partial charge in [0.05, 0.1) is 50.7 Å². The summed E-state index contributed by atoms with van der Waals surface area (Å²) in [5, 5.41) is 37.7. The molecule has 0 aliphatic carbocycles. The molecule has 420 valence electrons. The van der Waals surface area contributed by atoms with Crippen molar-refractivity contribution in [3.05, 3.63) is 0 Å². The number of amides is 4. The summed E-state index contributed by atoms with van der Waals surface area (Å²) in [6, 6.07) is -1.40. The van der Waals surface area contributed by atoms with Gasteiger partial charge >= 0.3 is 17.9 Å². The number of Topliss-reactive ketones (excluding diaryl/α,β-unsaturated/α-hetero) is 2. The highest BCUT2D eigenvalue weighted by Gasteiger charge is 2.21. The standard InChI is InChI=1S/C45H80N4O15S.C4H9NO.CH4/c1-2-36(44(57)58)34-65-35-42(54)47-24-23-46-40(52)32-64-31-29-62-27-25-48-41(53)33-63-30-28-61-26-17-18-37(50)21-22-38(45(59)60)49-39(51)19-15-13-11-9-7-5-3-4-6-8-10-12-14-16-20-43(55)56;1-3(5)4(2)6;/h36,38H,2-35H2,1H3,(H,46,52)(H,47,54)(H,48,53)(H,49,51)(H,55,56)(H,57,58)(H,59,60);3H,5H2,1-2H3;1H4/t36-,38-;3-;/m00./s1. The zero-order valence-corrected chi connectivity index (χ0v) is 43.7. The molecular formula is C50H93N5O16S. The van der Waals surface area contributed by atoms with Crippen LogP contribution in [0.2, 0.25) is 0 Å². The molecule has 0 saturated carbocycles. The second kappa shape index (κ2) is 51.7. The van der Waals surface area contributed by atoms with Crippen molar-refractivity contribution >= 4 is 64.9 Å². The molecule has 3 atom stereocenters. The van der Waals surface area contributed by atoms with Gasteiger partial charge in [-0.2, -0.15) is 11.8 Å². The first kappa shape index (κ1) is 72.0. The second-order valence-corrected chi connectivity index (χ2v) is 18.3. The molecule has 0 aliphatic rings. The maximum Gasteiger partial charge on any atom is 0.326 e. The van der Waals surface area contributed by atoms with Gasteiger partial charge in [-0.25, -0.2) is 4.79 Å². The predicted molar refractivity (Wildman–Crippen MR) is 277 cm³/mol. The molecule has 0 aliphatic heterocycles. The topological polar surface area (TPSA) is 325 Å². The molecule has 22 heteroatoms. The molecule has 0 rings (SSSR count). The van der Waals surface area contributed by atoms with E-state index in [9.17, 15) is 48.3 Å². The third-order valence-electron chi connectivity index (χ3n) is 10.7. The van der Waals surface area contributed by atoms with E-state index in [-0.39, 0.29) is 152 Å². The van der Waals surface area contributed by atoms with Crippen LogP contribution < -0.4 is 27.0 Å². The first-order valence-corrected chi connectivity index (χ1v) is 26.6.